The second-order valence-electron chi connectivity index (χ2n) is 6.45. The van der Waals surface area contributed by atoms with Crippen LogP contribution in [0.1, 0.15) is 30.7 Å². The molecule has 1 aromatic heterocycles. The van der Waals surface area contributed by atoms with E-state index < -0.39 is 0 Å². The normalized spacial score (nSPS) is 25.6. The third-order valence-electron chi connectivity index (χ3n) is 4.67. The van der Waals surface area contributed by atoms with Crippen molar-refractivity contribution >= 4 is 17.5 Å². The number of carbonyl (C=O) groups is 1. The predicted octanol–water partition coefficient (Wildman–Crippen LogP) is 1.08. The molecule has 0 aromatic carbocycles. The van der Waals surface area contributed by atoms with E-state index in [-0.39, 0.29) is 25.0 Å². The Morgan fingerprint density at radius 2 is 2.27 bits per heavy atom. The van der Waals surface area contributed by atoms with E-state index in [1.807, 2.05) is 6.92 Å². The van der Waals surface area contributed by atoms with Gasteiger partial charge in [-0.05, 0) is 31.6 Å². The van der Waals surface area contributed by atoms with E-state index in [4.69, 9.17) is 16.7 Å². The number of rotatable bonds is 6. The first-order valence-corrected chi connectivity index (χ1v) is 8.28. The van der Waals surface area contributed by atoms with E-state index in [1.165, 1.54) is 12.8 Å². The van der Waals surface area contributed by atoms with Gasteiger partial charge in [0.05, 0.1) is 23.0 Å². The Hall–Kier alpha value is -1.11. The smallest absolute Gasteiger partial charge is 0.222 e. The van der Waals surface area contributed by atoms with Crippen LogP contribution in [-0.2, 0) is 11.3 Å². The molecule has 2 aliphatic rings. The maximum absolute atomic E-state index is 11.8. The number of amides is 1. The lowest BCUT2D eigenvalue weighted by Crippen LogP contribution is -2.41. The molecule has 7 heteroatoms. The summed E-state index contributed by atoms with van der Waals surface area (Å²) in [7, 11) is 0. The third-order valence-corrected chi connectivity index (χ3v) is 5.17. The molecule has 0 spiro atoms. The number of aromatic amines is 1. The molecular weight excluding hydrogens is 304 g/mol. The molecule has 6 nitrogen and oxygen atoms in total. The van der Waals surface area contributed by atoms with Crippen LogP contribution in [0.25, 0.3) is 0 Å². The molecule has 0 unspecified atom stereocenters. The standard InChI is InChI=1S/C15H23ClN4O2/c1-9-15(16)13(19-18-9)8-20-6-11(10-2-3-10)12(7-20)17-14(22)4-5-21/h10-12,21H,2-8H2,1H3,(H,17,22)(H,18,19)/t11-,12+/m1/s1. The second kappa shape index (κ2) is 6.56. The van der Waals surface area contributed by atoms with Gasteiger partial charge in [0, 0.05) is 32.1 Å². The summed E-state index contributed by atoms with van der Waals surface area (Å²) >= 11 is 6.24. The monoisotopic (exact) mass is 326 g/mol. The van der Waals surface area contributed by atoms with E-state index in [1.54, 1.807) is 0 Å². The molecule has 2 fully saturated rings. The van der Waals surface area contributed by atoms with Gasteiger partial charge < -0.3 is 10.4 Å². The number of nitrogens with one attached hydrogen (secondary N) is 2. The van der Waals surface area contributed by atoms with Crippen molar-refractivity contribution in [1.29, 1.82) is 0 Å². The minimum absolute atomic E-state index is 0.0614. The number of aliphatic hydroxyl groups excluding tert-OH is 1. The lowest BCUT2D eigenvalue weighted by molar-refractivity contribution is -0.122. The summed E-state index contributed by atoms with van der Waals surface area (Å²) in [5, 5.41) is 19.8. The summed E-state index contributed by atoms with van der Waals surface area (Å²) in [6, 6.07) is 0.172. The van der Waals surface area contributed by atoms with E-state index in [9.17, 15) is 4.79 Å². The Morgan fingerprint density at radius 1 is 1.50 bits per heavy atom. The van der Waals surface area contributed by atoms with Gasteiger partial charge >= 0.3 is 0 Å². The third kappa shape index (κ3) is 3.45. The van der Waals surface area contributed by atoms with E-state index >= 15 is 0 Å². The number of halogens is 1. The molecule has 1 aliphatic carbocycles. The minimum Gasteiger partial charge on any atom is -0.396 e. The van der Waals surface area contributed by atoms with Crippen LogP contribution in [0.4, 0.5) is 0 Å². The van der Waals surface area contributed by atoms with E-state index in [2.05, 4.69) is 20.4 Å². The van der Waals surface area contributed by atoms with Gasteiger partial charge in [-0.2, -0.15) is 5.10 Å². The molecule has 1 amide bonds. The van der Waals surface area contributed by atoms with Crippen LogP contribution in [0, 0.1) is 18.8 Å². The van der Waals surface area contributed by atoms with Gasteiger partial charge in [-0.25, -0.2) is 0 Å². The van der Waals surface area contributed by atoms with Crippen molar-refractivity contribution < 1.29 is 9.90 Å². The van der Waals surface area contributed by atoms with Crippen LogP contribution in [0.5, 0.6) is 0 Å². The van der Waals surface area contributed by atoms with E-state index in [0.717, 1.165) is 30.4 Å². The Morgan fingerprint density at radius 3 is 2.86 bits per heavy atom. The summed E-state index contributed by atoms with van der Waals surface area (Å²) in [5.41, 5.74) is 1.76. The van der Waals surface area contributed by atoms with Crippen molar-refractivity contribution in [1.82, 2.24) is 20.4 Å². The maximum atomic E-state index is 11.8. The number of carbonyl (C=O) groups excluding carboxylic acids is 1. The van der Waals surface area contributed by atoms with Crippen LogP contribution in [0.2, 0.25) is 5.02 Å². The first kappa shape index (κ1) is 15.8. The Bertz CT molecular complexity index is 544. The van der Waals surface area contributed by atoms with Gasteiger partial charge in [0.2, 0.25) is 5.91 Å². The lowest BCUT2D eigenvalue weighted by atomic mass is 9.98. The average Bonchev–Trinajstić information content (AvgIpc) is 3.18. The fraction of sp³-hybridized carbons (Fsp3) is 0.733. The topological polar surface area (TPSA) is 81.2 Å². The molecule has 0 bridgehead atoms. The summed E-state index contributed by atoms with van der Waals surface area (Å²) in [6.45, 7) is 4.31. The zero-order valence-corrected chi connectivity index (χ0v) is 13.6. The first-order chi connectivity index (χ1) is 10.6. The number of H-pyrrole nitrogens is 1. The van der Waals surface area contributed by atoms with Crippen LogP contribution in [0.15, 0.2) is 0 Å². The van der Waals surface area contributed by atoms with Gasteiger partial charge in [0.1, 0.15) is 0 Å². The summed E-state index contributed by atoms with van der Waals surface area (Å²) in [5.74, 6) is 1.16. The molecular formula is C15H23ClN4O2. The highest BCUT2D eigenvalue weighted by Gasteiger charge is 2.43. The number of aromatic nitrogens is 2. The highest BCUT2D eigenvalue weighted by molar-refractivity contribution is 6.31. The number of aliphatic hydroxyl groups is 1. The Balaban J connectivity index is 1.62. The minimum atomic E-state index is -0.0987. The lowest BCUT2D eigenvalue weighted by Gasteiger charge is -2.19. The van der Waals surface area contributed by atoms with Crippen LogP contribution in [0.3, 0.4) is 0 Å². The quantitative estimate of drug-likeness (QED) is 0.730. The number of hydrogen-bond donors (Lipinski definition) is 3. The number of likely N-dealkylation sites (tertiary alicyclic amines) is 1. The van der Waals surface area contributed by atoms with Crippen molar-refractivity contribution in [2.24, 2.45) is 11.8 Å². The fourth-order valence-corrected chi connectivity index (χ4v) is 3.50. The molecule has 2 atom stereocenters. The van der Waals surface area contributed by atoms with Crippen molar-refractivity contribution in [3.63, 3.8) is 0 Å². The molecule has 1 aromatic rings. The summed E-state index contributed by atoms with van der Waals surface area (Å²) in [6.07, 6.45) is 2.69. The molecule has 1 saturated carbocycles. The molecule has 1 aliphatic heterocycles. The molecule has 3 rings (SSSR count). The van der Waals surface area contributed by atoms with Gasteiger partial charge in [0.25, 0.3) is 0 Å². The molecule has 122 valence electrons. The molecule has 0 radical (unpaired) electrons. The van der Waals surface area contributed by atoms with Crippen LogP contribution in [-0.4, -0.2) is 51.8 Å². The molecule has 1 saturated heterocycles. The summed E-state index contributed by atoms with van der Waals surface area (Å²) in [4.78, 5) is 14.1. The molecule has 2 heterocycles. The SMILES string of the molecule is Cc1[nH]nc(CN2C[C@H](NC(=O)CCO)[C@@H](C3CC3)C2)c1Cl. The number of hydrogen-bond acceptors (Lipinski definition) is 4. The fourth-order valence-electron chi connectivity index (χ4n) is 3.36. The van der Waals surface area contributed by atoms with Gasteiger partial charge in [-0.15, -0.1) is 0 Å². The molecule has 22 heavy (non-hydrogen) atoms. The summed E-state index contributed by atoms with van der Waals surface area (Å²) < 4.78 is 0. The van der Waals surface area contributed by atoms with Crippen molar-refractivity contribution in [3.05, 3.63) is 16.4 Å². The largest absolute Gasteiger partial charge is 0.396 e. The predicted molar refractivity (Wildman–Crippen MR) is 83.5 cm³/mol. The van der Waals surface area contributed by atoms with Gasteiger partial charge in [-0.3, -0.25) is 14.8 Å². The Labute approximate surface area is 135 Å². The maximum Gasteiger partial charge on any atom is 0.222 e. The molecule has 3 N–H and O–H groups in total. The average molecular weight is 327 g/mol. The zero-order valence-electron chi connectivity index (χ0n) is 12.8. The van der Waals surface area contributed by atoms with Crippen LogP contribution < -0.4 is 5.32 Å². The Kier molecular flexibility index (Phi) is 4.70. The van der Waals surface area contributed by atoms with Gasteiger partial charge in [-0.1, -0.05) is 11.6 Å². The van der Waals surface area contributed by atoms with Crippen molar-refractivity contribution in [2.45, 2.75) is 38.8 Å². The van der Waals surface area contributed by atoms with Crippen molar-refractivity contribution in [2.75, 3.05) is 19.7 Å². The zero-order chi connectivity index (χ0) is 15.7. The van der Waals surface area contributed by atoms with Crippen molar-refractivity contribution in [3.8, 4) is 0 Å². The van der Waals surface area contributed by atoms with E-state index in [0.29, 0.717) is 17.5 Å². The number of nitrogens with zero attached hydrogens (tertiary/aromatic N) is 2. The number of aryl methyl sites for hydroxylation is 1. The highest BCUT2D eigenvalue weighted by atomic mass is 35.5. The first-order valence-electron chi connectivity index (χ1n) is 7.90. The van der Waals surface area contributed by atoms with Gasteiger partial charge in [0.15, 0.2) is 0 Å². The second-order valence-corrected chi connectivity index (χ2v) is 6.83. The highest BCUT2D eigenvalue weighted by Crippen LogP contribution is 2.41. The van der Waals surface area contributed by atoms with Crippen LogP contribution >= 0.6 is 11.6 Å².